The first-order valence-corrected chi connectivity index (χ1v) is 7.92. The number of H-pyrrole nitrogens is 1. The summed E-state index contributed by atoms with van der Waals surface area (Å²) in [4.78, 5) is 19.7. The average molecular weight is 322 g/mol. The van der Waals surface area contributed by atoms with E-state index in [0.717, 1.165) is 15.5 Å². The maximum Gasteiger partial charge on any atom is 0.251 e. The molecule has 0 atom stereocenters. The summed E-state index contributed by atoms with van der Waals surface area (Å²) < 4.78 is 0. The number of aromatic nitrogens is 2. The molecule has 0 radical (unpaired) electrons. The number of oxime groups is 1. The van der Waals surface area contributed by atoms with Gasteiger partial charge in [-0.2, -0.15) is 0 Å². The SMILES string of the molecule is CCSc1cccc(Sc2nccc(=O)[nH]2)c1/C(N)=N/O. The molecule has 2 aromatic rings. The fraction of sp³-hybridized carbons (Fsp3) is 0.154. The van der Waals surface area contributed by atoms with Crippen LogP contribution in [0.2, 0.25) is 0 Å². The van der Waals surface area contributed by atoms with Crippen LogP contribution in [-0.2, 0) is 0 Å². The molecule has 1 aromatic heterocycles. The molecule has 0 aliphatic rings. The molecule has 0 aliphatic heterocycles. The van der Waals surface area contributed by atoms with E-state index in [1.165, 1.54) is 24.0 Å². The summed E-state index contributed by atoms with van der Waals surface area (Å²) in [6.07, 6.45) is 1.44. The number of nitrogens with zero attached hydrogens (tertiary/aromatic N) is 2. The van der Waals surface area contributed by atoms with E-state index < -0.39 is 0 Å². The Bertz CT molecular complexity index is 715. The maximum atomic E-state index is 11.3. The van der Waals surface area contributed by atoms with Crippen LogP contribution < -0.4 is 11.3 Å². The van der Waals surface area contributed by atoms with Crippen LogP contribution in [0.15, 0.2) is 55.4 Å². The van der Waals surface area contributed by atoms with Gasteiger partial charge < -0.3 is 15.9 Å². The van der Waals surface area contributed by atoms with Crippen molar-refractivity contribution in [2.75, 3.05) is 5.75 Å². The Hall–Kier alpha value is -1.93. The summed E-state index contributed by atoms with van der Waals surface area (Å²) in [6, 6.07) is 6.98. The quantitative estimate of drug-likeness (QED) is 0.194. The first-order valence-electron chi connectivity index (χ1n) is 6.12. The van der Waals surface area contributed by atoms with Crippen LogP contribution in [0.4, 0.5) is 0 Å². The molecular weight excluding hydrogens is 308 g/mol. The van der Waals surface area contributed by atoms with Crippen molar-refractivity contribution in [1.82, 2.24) is 9.97 Å². The minimum Gasteiger partial charge on any atom is -0.409 e. The minimum absolute atomic E-state index is 0.0346. The normalized spacial score (nSPS) is 11.6. The second-order valence-electron chi connectivity index (χ2n) is 3.89. The van der Waals surface area contributed by atoms with Gasteiger partial charge in [0, 0.05) is 27.6 Å². The third-order valence-corrected chi connectivity index (χ3v) is 4.41. The van der Waals surface area contributed by atoms with Crippen LogP contribution in [0.3, 0.4) is 0 Å². The summed E-state index contributed by atoms with van der Waals surface area (Å²) in [5, 5.41) is 12.5. The van der Waals surface area contributed by atoms with Gasteiger partial charge in [0.15, 0.2) is 11.0 Å². The molecule has 0 amide bonds. The summed E-state index contributed by atoms with van der Waals surface area (Å²) in [5.74, 6) is 0.896. The number of thioether (sulfide) groups is 1. The molecule has 0 saturated heterocycles. The molecule has 8 heteroatoms. The van der Waals surface area contributed by atoms with Gasteiger partial charge in [0.1, 0.15) is 0 Å². The molecule has 0 fully saturated rings. The predicted octanol–water partition coefficient (Wildman–Crippen LogP) is 2.13. The molecule has 21 heavy (non-hydrogen) atoms. The van der Waals surface area contributed by atoms with Crippen LogP contribution in [0.25, 0.3) is 0 Å². The van der Waals surface area contributed by atoms with Crippen LogP contribution in [0.5, 0.6) is 0 Å². The van der Waals surface area contributed by atoms with E-state index in [1.807, 2.05) is 25.1 Å². The van der Waals surface area contributed by atoms with Crippen LogP contribution in [0, 0.1) is 0 Å². The first-order chi connectivity index (χ1) is 10.2. The topological polar surface area (TPSA) is 104 Å². The predicted molar refractivity (Wildman–Crippen MR) is 84.3 cm³/mol. The smallest absolute Gasteiger partial charge is 0.251 e. The molecule has 0 unspecified atom stereocenters. The molecule has 1 aromatic carbocycles. The lowest BCUT2D eigenvalue weighted by Gasteiger charge is -2.12. The molecule has 6 nitrogen and oxygen atoms in total. The van der Waals surface area contributed by atoms with Gasteiger partial charge in [-0.1, -0.05) is 29.9 Å². The molecule has 110 valence electrons. The summed E-state index contributed by atoms with van der Waals surface area (Å²) in [5.41, 5.74) is 6.21. The Labute approximate surface area is 129 Å². The van der Waals surface area contributed by atoms with Gasteiger partial charge in [-0.3, -0.25) is 4.79 Å². The van der Waals surface area contributed by atoms with Gasteiger partial charge in [-0.05, 0) is 17.9 Å². The van der Waals surface area contributed by atoms with Crippen molar-refractivity contribution < 1.29 is 5.21 Å². The number of amidine groups is 1. The Kier molecular flexibility index (Phi) is 5.29. The van der Waals surface area contributed by atoms with E-state index in [-0.39, 0.29) is 11.4 Å². The third-order valence-electron chi connectivity index (χ3n) is 2.51. The molecule has 0 aliphatic carbocycles. The number of nitrogens with one attached hydrogen (secondary N) is 1. The Morgan fingerprint density at radius 2 is 2.19 bits per heavy atom. The van der Waals surface area contributed by atoms with Crippen molar-refractivity contribution in [2.24, 2.45) is 10.9 Å². The van der Waals surface area contributed by atoms with Crippen molar-refractivity contribution in [3.05, 3.63) is 46.4 Å². The van der Waals surface area contributed by atoms with Crippen LogP contribution in [-0.4, -0.2) is 26.8 Å². The van der Waals surface area contributed by atoms with Gasteiger partial charge in [0.25, 0.3) is 5.56 Å². The highest BCUT2D eigenvalue weighted by Crippen LogP contribution is 2.33. The van der Waals surface area contributed by atoms with Crippen molar-refractivity contribution >= 4 is 29.4 Å². The number of benzene rings is 1. The highest BCUT2D eigenvalue weighted by Gasteiger charge is 2.14. The minimum atomic E-state index is -0.225. The monoisotopic (exact) mass is 322 g/mol. The molecule has 0 spiro atoms. The fourth-order valence-electron chi connectivity index (χ4n) is 1.68. The molecular formula is C13H14N4O2S2. The van der Waals surface area contributed by atoms with Crippen LogP contribution >= 0.6 is 23.5 Å². The Morgan fingerprint density at radius 1 is 1.43 bits per heavy atom. The number of hydrogen-bond acceptors (Lipinski definition) is 6. The number of rotatable bonds is 5. The largest absolute Gasteiger partial charge is 0.409 e. The zero-order chi connectivity index (χ0) is 15.2. The summed E-state index contributed by atoms with van der Waals surface area (Å²) >= 11 is 2.86. The molecule has 0 saturated carbocycles. The maximum absolute atomic E-state index is 11.3. The Balaban J connectivity index is 2.47. The lowest BCUT2D eigenvalue weighted by molar-refractivity contribution is 0.318. The van der Waals surface area contributed by atoms with E-state index in [0.29, 0.717) is 10.7 Å². The first kappa shape index (κ1) is 15.5. The molecule has 1 heterocycles. The lowest BCUT2D eigenvalue weighted by Crippen LogP contribution is -2.16. The van der Waals surface area contributed by atoms with Crippen molar-refractivity contribution in [1.29, 1.82) is 0 Å². The highest BCUT2D eigenvalue weighted by atomic mass is 32.2. The van der Waals surface area contributed by atoms with E-state index in [1.54, 1.807) is 11.8 Å². The zero-order valence-corrected chi connectivity index (χ0v) is 12.9. The zero-order valence-electron chi connectivity index (χ0n) is 11.2. The third kappa shape index (κ3) is 3.79. The highest BCUT2D eigenvalue weighted by molar-refractivity contribution is 8.00. The second-order valence-corrected chi connectivity index (χ2v) is 6.23. The fourth-order valence-corrected chi connectivity index (χ4v) is 3.53. The van der Waals surface area contributed by atoms with E-state index in [4.69, 9.17) is 10.9 Å². The van der Waals surface area contributed by atoms with E-state index in [9.17, 15) is 4.79 Å². The number of hydrogen-bond donors (Lipinski definition) is 3. The average Bonchev–Trinajstić information content (AvgIpc) is 2.47. The van der Waals surface area contributed by atoms with Crippen molar-refractivity contribution in [2.45, 2.75) is 21.9 Å². The molecule has 0 bridgehead atoms. The van der Waals surface area contributed by atoms with Gasteiger partial charge in [0.2, 0.25) is 0 Å². The van der Waals surface area contributed by atoms with Crippen molar-refractivity contribution in [3.8, 4) is 0 Å². The second kappa shape index (κ2) is 7.19. The summed E-state index contributed by atoms with van der Waals surface area (Å²) in [6.45, 7) is 2.02. The molecule has 2 rings (SSSR count). The van der Waals surface area contributed by atoms with Gasteiger partial charge >= 0.3 is 0 Å². The van der Waals surface area contributed by atoms with E-state index in [2.05, 4.69) is 15.1 Å². The Morgan fingerprint density at radius 3 is 2.86 bits per heavy atom. The summed E-state index contributed by atoms with van der Waals surface area (Å²) in [7, 11) is 0. The number of aromatic amines is 1. The van der Waals surface area contributed by atoms with Gasteiger partial charge in [0.05, 0.1) is 0 Å². The van der Waals surface area contributed by atoms with Gasteiger partial charge in [-0.15, -0.1) is 11.8 Å². The molecule has 4 N–H and O–H groups in total. The standard InChI is InChI=1S/C13H14N4O2S2/c1-2-20-8-4-3-5-9(11(8)12(14)17-19)21-13-15-7-6-10(18)16-13/h3-7,19H,2H2,1H3,(H2,14,17)(H,15,16,18). The van der Waals surface area contributed by atoms with Gasteiger partial charge in [-0.25, -0.2) is 4.98 Å². The lowest BCUT2D eigenvalue weighted by atomic mass is 10.2. The number of nitrogens with two attached hydrogens (primary N) is 1. The van der Waals surface area contributed by atoms with Crippen molar-refractivity contribution in [3.63, 3.8) is 0 Å². The van der Waals surface area contributed by atoms with Crippen LogP contribution in [0.1, 0.15) is 12.5 Å². The van der Waals surface area contributed by atoms with E-state index >= 15 is 0 Å².